The molecule has 1 heterocycles. The van der Waals surface area contributed by atoms with Crippen LogP contribution in [0.5, 0.6) is 0 Å². The summed E-state index contributed by atoms with van der Waals surface area (Å²) in [4.78, 5) is 22.7. The Morgan fingerprint density at radius 3 is 2.55 bits per heavy atom. The lowest BCUT2D eigenvalue weighted by Gasteiger charge is -2.03. The monoisotopic (exact) mass is 291 g/mol. The fourth-order valence-corrected chi connectivity index (χ4v) is 1.96. The minimum atomic E-state index is -0.280. The number of ketones is 1. The molecule has 0 aliphatic carbocycles. The number of rotatable bonds is 5. The van der Waals surface area contributed by atoms with Gasteiger partial charge in [-0.15, -0.1) is 11.6 Å². The normalized spacial score (nSPS) is 10.3. The zero-order valence-corrected chi connectivity index (χ0v) is 11.7. The van der Waals surface area contributed by atoms with Gasteiger partial charge in [0.15, 0.2) is 5.76 Å². The van der Waals surface area contributed by atoms with Crippen LogP contribution in [0.4, 0.5) is 0 Å². The van der Waals surface area contributed by atoms with Crippen molar-refractivity contribution in [1.82, 2.24) is 5.32 Å². The molecule has 2 rings (SSSR count). The van der Waals surface area contributed by atoms with Crippen molar-refractivity contribution in [3.63, 3.8) is 0 Å². The topological polar surface area (TPSA) is 59.3 Å². The summed E-state index contributed by atoms with van der Waals surface area (Å²) in [7, 11) is 0. The first kappa shape index (κ1) is 14.3. The summed E-state index contributed by atoms with van der Waals surface area (Å²) < 4.78 is 5.52. The summed E-state index contributed by atoms with van der Waals surface area (Å²) in [5.41, 5.74) is 1.71. The third kappa shape index (κ3) is 3.27. The van der Waals surface area contributed by atoms with Gasteiger partial charge in [-0.2, -0.15) is 0 Å². The molecule has 0 fully saturated rings. The van der Waals surface area contributed by atoms with Crippen LogP contribution < -0.4 is 5.32 Å². The fraction of sp³-hybridized carbons (Fsp3) is 0.200. The van der Waals surface area contributed by atoms with Crippen LogP contribution in [0.3, 0.4) is 0 Å². The smallest absolute Gasteiger partial charge is 0.217 e. The van der Waals surface area contributed by atoms with E-state index in [-0.39, 0.29) is 29.9 Å². The zero-order chi connectivity index (χ0) is 14.5. The number of amides is 1. The Labute approximate surface area is 121 Å². The summed E-state index contributed by atoms with van der Waals surface area (Å²) in [5.74, 6) is 0.170. The lowest BCUT2D eigenvalue weighted by atomic mass is 10.1. The van der Waals surface area contributed by atoms with E-state index in [0.717, 1.165) is 11.1 Å². The first-order chi connectivity index (χ1) is 9.61. The van der Waals surface area contributed by atoms with Crippen molar-refractivity contribution < 1.29 is 14.0 Å². The van der Waals surface area contributed by atoms with Gasteiger partial charge in [0.05, 0.1) is 12.4 Å². The highest BCUT2D eigenvalue weighted by Crippen LogP contribution is 2.27. The molecule has 0 spiro atoms. The van der Waals surface area contributed by atoms with Crippen LogP contribution in [-0.2, 0) is 11.3 Å². The molecule has 20 heavy (non-hydrogen) atoms. The van der Waals surface area contributed by atoms with Gasteiger partial charge in [-0.25, -0.2) is 0 Å². The number of carbonyl (C=O) groups is 2. The van der Waals surface area contributed by atoms with Gasteiger partial charge in [0.1, 0.15) is 5.76 Å². The van der Waals surface area contributed by atoms with Gasteiger partial charge < -0.3 is 9.73 Å². The Morgan fingerprint density at radius 1 is 1.25 bits per heavy atom. The zero-order valence-electron chi connectivity index (χ0n) is 11.0. The maximum atomic E-state index is 11.6. The average molecular weight is 292 g/mol. The minimum Gasteiger partial charge on any atom is -0.455 e. The molecule has 5 heteroatoms. The van der Waals surface area contributed by atoms with E-state index in [4.69, 9.17) is 16.0 Å². The SMILES string of the molecule is CC(=O)NCc1oc(C(=O)CCl)cc1-c1ccccc1. The average Bonchev–Trinajstić information content (AvgIpc) is 2.89. The number of carbonyl (C=O) groups excluding carboxylic acids is 2. The molecule has 0 saturated carbocycles. The standard InChI is InChI=1S/C15H14ClNO3/c1-10(18)17-9-15-12(11-5-3-2-4-6-11)7-14(20-15)13(19)8-16/h2-7H,8-9H2,1H3,(H,17,18). The quantitative estimate of drug-likeness (QED) is 0.680. The highest BCUT2D eigenvalue weighted by atomic mass is 35.5. The van der Waals surface area contributed by atoms with Gasteiger partial charge in [0, 0.05) is 12.5 Å². The Hall–Kier alpha value is -2.07. The Bertz CT molecular complexity index is 619. The molecule has 1 N–H and O–H groups in total. The molecule has 1 amide bonds. The van der Waals surface area contributed by atoms with Crippen LogP contribution in [0, 0.1) is 0 Å². The largest absolute Gasteiger partial charge is 0.455 e. The number of benzene rings is 1. The molecule has 0 unspecified atom stereocenters. The lowest BCUT2D eigenvalue weighted by Crippen LogP contribution is -2.18. The van der Waals surface area contributed by atoms with E-state index in [1.165, 1.54) is 6.92 Å². The Kier molecular flexibility index (Phi) is 4.58. The molecule has 0 aliphatic rings. The summed E-state index contributed by atoms with van der Waals surface area (Å²) in [6.45, 7) is 1.66. The predicted molar refractivity (Wildman–Crippen MR) is 76.7 cm³/mol. The molecule has 0 atom stereocenters. The van der Waals surface area contributed by atoms with Crippen molar-refractivity contribution in [2.75, 3.05) is 5.88 Å². The third-order valence-electron chi connectivity index (χ3n) is 2.79. The van der Waals surface area contributed by atoms with Crippen LogP contribution in [0.1, 0.15) is 23.2 Å². The second-order valence-corrected chi connectivity index (χ2v) is 4.55. The van der Waals surface area contributed by atoms with Gasteiger partial charge in [0.2, 0.25) is 11.7 Å². The van der Waals surface area contributed by atoms with Crippen LogP contribution in [0.15, 0.2) is 40.8 Å². The van der Waals surface area contributed by atoms with Crippen molar-refractivity contribution in [2.45, 2.75) is 13.5 Å². The van der Waals surface area contributed by atoms with E-state index < -0.39 is 0 Å². The Balaban J connectivity index is 2.39. The predicted octanol–water partition coefficient (Wildman–Crippen LogP) is 3.00. The van der Waals surface area contributed by atoms with Crippen molar-refractivity contribution in [3.8, 4) is 11.1 Å². The maximum Gasteiger partial charge on any atom is 0.217 e. The van der Waals surface area contributed by atoms with E-state index in [9.17, 15) is 9.59 Å². The first-order valence-electron chi connectivity index (χ1n) is 6.13. The number of hydrogen-bond donors (Lipinski definition) is 1. The lowest BCUT2D eigenvalue weighted by molar-refractivity contribution is -0.119. The van der Waals surface area contributed by atoms with Crippen LogP contribution >= 0.6 is 11.6 Å². The molecule has 0 aliphatic heterocycles. The maximum absolute atomic E-state index is 11.6. The van der Waals surface area contributed by atoms with Crippen molar-refractivity contribution in [1.29, 1.82) is 0 Å². The van der Waals surface area contributed by atoms with Gasteiger partial charge >= 0.3 is 0 Å². The number of alkyl halides is 1. The van der Waals surface area contributed by atoms with Gasteiger partial charge in [-0.05, 0) is 11.6 Å². The minimum absolute atomic E-state index is 0.138. The second-order valence-electron chi connectivity index (χ2n) is 4.28. The molecule has 0 radical (unpaired) electrons. The van der Waals surface area contributed by atoms with Crippen molar-refractivity contribution in [2.24, 2.45) is 0 Å². The van der Waals surface area contributed by atoms with Gasteiger partial charge in [-0.1, -0.05) is 30.3 Å². The molecule has 4 nitrogen and oxygen atoms in total. The number of hydrogen-bond acceptors (Lipinski definition) is 3. The highest BCUT2D eigenvalue weighted by molar-refractivity contribution is 6.30. The first-order valence-corrected chi connectivity index (χ1v) is 6.67. The van der Waals surface area contributed by atoms with Crippen molar-refractivity contribution in [3.05, 3.63) is 47.9 Å². The summed E-state index contributed by atoms with van der Waals surface area (Å²) in [6.07, 6.45) is 0. The van der Waals surface area contributed by atoms with E-state index >= 15 is 0 Å². The molecule has 2 aromatic rings. The number of furan rings is 1. The van der Waals surface area contributed by atoms with Crippen molar-refractivity contribution >= 4 is 23.3 Å². The number of nitrogens with one attached hydrogen (secondary N) is 1. The summed E-state index contributed by atoms with van der Waals surface area (Å²) in [6, 6.07) is 11.2. The molecular formula is C15H14ClNO3. The summed E-state index contributed by atoms with van der Waals surface area (Å²) in [5, 5.41) is 2.67. The summed E-state index contributed by atoms with van der Waals surface area (Å²) >= 11 is 5.54. The molecule has 0 bridgehead atoms. The second kappa shape index (κ2) is 6.39. The highest BCUT2D eigenvalue weighted by Gasteiger charge is 2.17. The van der Waals surface area contributed by atoms with Crippen LogP contribution in [0.2, 0.25) is 0 Å². The van der Waals surface area contributed by atoms with Crippen LogP contribution in [-0.4, -0.2) is 17.6 Å². The number of Topliss-reactive ketones (excluding diaryl/α,β-unsaturated/α-hetero) is 1. The fourth-order valence-electron chi connectivity index (χ4n) is 1.83. The van der Waals surface area contributed by atoms with Gasteiger partial charge in [-0.3, -0.25) is 9.59 Å². The molecule has 1 aromatic heterocycles. The Morgan fingerprint density at radius 2 is 1.95 bits per heavy atom. The third-order valence-corrected chi connectivity index (χ3v) is 3.03. The van der Waals surface area contributed by atoms with E-state index in [2.05, 4.69) is 5.32 Å². The molecular weight excluding hydrogens is 278 g/mol. The number of halogens is 1. The molecule has 0 saturated heterocycles. The van der Waals surface area contributed by atoms with Crippen LogP contribution in [0.25, 0.3) is 11.1 Å². The van der Waals surface area contributed by atoms with E-state index in [1.807, 2.05) is 30.3 Å². The molecule has 104 valence electrons. The van der Waals surface area contributed by atoms with E-state index in [0.29, 0.717) is 5.76 Å². The molecule has 1 aromatic carbocycles. The van der Waals surface area contributed by atoms with Gasteiger partial charge in [0.25, 0.3) is 0 Å². The van der Waals surface area contributed by atoms with E-state index in [1.54, 1.807) is 6.07 Å².